The largest absolute Gasteiger partial charge is 0.393 e. The summed E-state index contributed by atoms with van der Waals surface area (Å²) in [5.41, 5.74) is 0. The van der Waals surface area contributed by atoms with E-state index in [0.29, 0.717) is 12.3 Å². The van der Waals surface area contributed by atoms with Crippen LogP contribution in [0.25, 0.3) is 0 Å². The third-order valence-corrected chi connectivity index (χ3v) is 2.14. The van der Waals surface area contributed by atoms with Crippen molar-refractivity contribution in [1.29, 1.82) is 0 Å². The number of hydrogen-bond acceptors (Lipinski definition) is 2. The van der Waals surface area contributed by atoms with Crippen LogP contribution in [0.1, 0.15) is 46.0 Å². The van der Waals surface area contributed by atoms with E-state index in [1.165, 1.54) is 12.8 Å². The summed E-state index contributed by atoms with van der Waals surface area (Å²) in [6, 6.07) is 0. The molecule has 0 heterocycles. The monoisotopic (exact) mass is 172 g/mol. The van der Waals surface area contributed by atoms with Gasteiger partial charge < -0.3 is 9.90 Å². The minimum absolute atomic E-state index is 0.291. The van der Waals surface area contributed by atoms with Crippen LogP contribution in [0.15, 0.2) is 0 Å². The standard InChI is InChI=1S/C10H20O2/c1-3-4-9(2)5-6-10(12)7-8-11/h8-10,12H,3-7H2,1-2H3. The highest BCUT2D eigenvalue weighted by molar-refractivity contribution is 5.49. The molecule has 2 heteroatoms. The van der Waals surface area contributed by atoms with Gasteiger partial charge in [-0.05, 0) is 18.8 Å². The molecule has 0 aliphatic rings. The molecule has 2 nitrogen and oxygen atoms in total. The average molecular weight is 172 g/mol. The van der Waals surface area contributed by atoms with E-state index < -0.39 is 6.10 Å². The van der Waals surface area contributed by atoms with Gasteiger partial charge in [0.25, 0.3) is 0 Å². The molecule has 72 valence electrons. The first-order chi connectivity index (χ1) is 5.70. The van der Waals surface area contributed by atoms with Crippen LogP contribution in [-0.2, 0) is 4.79 Å². The maximum Gasteiger partial charge on any atom is 0.122 e. The van der Waals surface area contributed by atoms with Crippen molar-refractivity contribution in [3.63, 3.8) is 0 Å². The molecular formula is C10H20O2. The fraction of sp³-hybridized carbons (Fsp3) is 0.900. The Kier molecular flexibility index (Phi) is 7.06. The number of carbonyl (C=O) groups is 1. The summed E-state index contributed by atoms with van der Waals surface area (Å²) < 4.78 is 0. The van der Waals surface area contributed by atoms with Gasteiger partial charge in [-0.25, -0.2) is 0 Å². The van der Waals surface area contributed by atoms with Crippen LogP contribution in [0.5, 0.6) is 0 Å². The summed E-state index contributed by atoms with van der Waals surface area (Å²) in [6.45, 7) is 4.36. The lowest BCUT2D eigenvalue weighted by atomic mass is 9.98. The predicted molar refractivity (Wildman–Crippen MR) is 50.0 cm³/mol. The second-order valence-electron chi connectivity index (χ2n) is 3.53. The van der Waals surface area contributed by atoms with Gasteiger partial charge >= 0.3 is 0 Å². The van der Waals surface area contributed by atoms with Crippen molar-refractivity contribution < 1.29 is 9.90 Å². The highest BCUT2D eigenvalue weighted by Crippen LogP contribution is 2.14. The van der Waals surface area contributed by atoms with E-state index in [0.717, 1.165) is 19.1 Å². The van der Waals surface area contributed by atoms with Crippen LogP contribution in [0.4, 0.5) is 0 Å². The van der Waals surface area contributed by atoms with Gasteiger partial charge in [-0.15, -0.1) is 0 Å². The topological polar surface area (TPSA) is 37.3 Å². The lowest BCUT2D eigenvalue weighted by Gasteiger charge is -2.11. The number of hydrogen-bond donors (Lipinski definition) is 1. The molecule has 0 saturated carbocycles. The fourth-order valence-electron chi connectivity index (χ4n) is 1.34. The van der Waals surface area contributed by atoms with Gasteiger partial charge in [0.1, 0.15) is 6.29 Å². The molecular weight excluding hydrogens is 152 g/mol. The highest BCUT2D eigenvalue weighted by atomic mass is 16.3. The second-order valence-corrected chi connectivity index (χ2v) is 3.53. The molecule has 0 aromatic heterocycles. The molecule has 0 bridgehead atoms. The van der Waals surface area contributed by atoms with Gasteiger partial charge in [-0.1, -0.05) is 26.7 Å². The SMILES string of the molecule is CCCC(C)CCC(O)CC=O. The summed E-state index contributed by atoms with van der Waals surface area (Å²) in [6.07, 6.45) is 4.87. The molecule has 1 N–H and O–H groups in total. The van der Waals surface area contributed by atoms with E-state index in [1.54, 1.807) is 0 Å². The first-order valence-electron chi connectivity index (χ1n) is 4.82. The smallest absolute Gasteiger partial charge is 0.122 e. The molecule has 0 amide bonds. The van der Waals surface area contributed by atoms with Crippen molar-refractivity contribution in [3.05, 3.63) is 0 Å². The fourth-order valence-corrected chi connectivity index (χ4v) is 1.34. The zero-order valence-corrected chi connectivity index (χ0v) is 8.12. The van der Waals surface area contributed by atoms with Gasteiger partial charge in [0.05, 0.1) is 6.10 Å². The molecule has 0 saturated heterocycles. The number of aldehydes is 1. The summed E-state index contributed by atoms with van der Waals surface area (Å²) >= 11 is 0. The Balaban J connectivity index is 3.32. The van der Waals surface area contributed by atoms with Gasteiger partial charge in [-0.2, -0.15) is 0 Å². The van der Waals surface area contributed by atoms with Crippen molar-refractivity contribution in [3.8, 4) is 0 Å². The lowest BCUT2D eigenvalue weighted by molar-refractivity contribution is -0.109. The molecule has 0 aromatic carbocycles. The lowest BCUT2D eigenvalue weighted by Crippen LogP contribution is -2.09. The number of rotatable bonds is 7. The summed E-state index contributed by atoms with van der Waals surface area (Å²) in [7, 11) is 0. The van der Waals surface area contributed by atoms with Crippen molar-refractivity contribution >= 4 is 6.29 Å². The maximum absolute atomic E-state index is 10.0. The van der Waals surface area contributed by atoms with E-state index in [2.05, 4.69) is 13.8 Å². The van der Waals surface area contributed by atoms with Crippen LogP contribution >= 0.6 is 0 Å². The van der Waals surface area contributed by atoms with Gasteiger partial charge in [0.15, 0.2) is 0 Å². The third kappa shape index (κ3) is 6.35. The van der Waals surface area contributed by atoms with Gasteiger partial charge in [0, 0.05) is 6.42 Å². The highest BCUT2D eigenvalue weighted by Gasteiger charge is 2.06. The summed E-state index contributed by atoms with van der Waals surface area (Å²) in [5, 5.41) is 9.24. The van der Waals surface area contributed by atoms with Crippen LogP contribution in [-0.4, -0.2) is 17.5 Å². The van der Waals surface area contributed by atoms with Gasteiger partial charge in [0.2, 0.25) is 0 Å². The van der Waals surface area contributed by atoms with E-state index in [1.807, 2.05) is 0 Å². The molecule has 0 aliphatic heterocycles. The number of carbonyl (C=O) groups excluding carboxylic acids is 1. The van der Waals surface area contributed by atoms with Crippen LogP contribution in [0, 0.1) is 5.92 Å². The van der Waals surface area contributed by atoms with E-state index in [-0.39, 0.29) is 0 Å². The van der Waals surface area contributed by atoms with Crippen molar-refractivity contribution in [2.24, 2.45) is 5.92 Å². The average Bonchev–Trinajstić information content (AvgIpc) is 2.02. The quantitative estimate of drug-likeness (QED) is 0.597. The Labute approximate surface area is 75.0 Å². The van der Waals surface area contributed by atoms with E-state index in [9.17, 15) is 9.90 Å². The predicted octanol–water partition coefficient (Wildman–Crippen LogP) is 2.15. The first-order valence-corrected chi connectivity index (χ1v) is 4.82. The van der Waals surface area contributed by atoms with Crippen molar-refractivity contribution in [1.82, 2.24) is 0 Å². The Bertz CT molecular complexity index is 112. The number of aliphatic hydroxyl groups is 1. The summed E-state index contributed by atoms with van der Waals surface area (Å²) in [5.74, 6) is 0.677. The van der Waals surface area contributed by atoms with Gasteiger partial charge in [-0.3, -0.25) is 0 Å². The molecule has 0 rings (SSSR count). The van der Waals surface area contributed by atoms with Crippen molar-refractivity contribution in [2.45, 2.75) is 52.1 Å². The molecule has 12 heavy (non-hydrogen) atoms. The molecule has 0 radical (unpaired) electrons. The van der Waals surface area contributed by atoms with E-state index in [4.69, 9.17) is 0 Å². The minimum atomic E-state index is -0.415. The molecule has 2 unspecified atom stereocenters. The second kappa shape index (κ2) is 7.29. The Morgan fingerprint density at radius 3 is 2.50 bits per heavy atom. The molecule has 2 atom stereocenters. The van der Waals surface area contributed by atoms with Crippen LogP contribution < -0.4 is 0 Å². The first kappa shape index (κ1) is 11.6. The zero-order chi connectivity index (χ0) is 9.40. The molecule has 0 spiro atoms. The Morgan fingerprint density at radius 2 is 2.00 bits per heavy atom. The van der Waals surface area contributed by atoms with Crippen LogP contribution in [0.2, 0.25) is 0 Å². The molecule has 0 fully saturated rings. The molecule has 0 aromatic rings. The molecule has 0 aliphatic carbocycles. The Morgan fingerprint density at radius 1 is 1.33 bits per heavy atom. The zero-order valence-electron chi connectivity index (χ0n) is 8.12. The Hall–Kier alpha value is -0.370. The summed E-state index contributed by atoms with van der Waals surface area (Å²) in [4.78, 5) is 10.0. The third-order valence-electron chi connectivity index (χ3n) is 2.14. The van der Waals surface area contributed by atoms with E-state index >= 15 is 0 Å². The van der Waals surface area contributed by atoms with Crippen molar-refractivity contribution in [2.75, 3.05) is 0 Å². The maximum atomic E-state index is 10.0. The van der Waals surface area contributed by atoms with Crippen LogP contribution in [0.3, 0.4) is 0 Å². The minimum Gasteiger partial charge on any atom is -0.393 e. The normalized spacial score (nSPS) is 15.6. The number of aliphatic hydroxyl groups excluding tert-OH is 1.